The van der Waals surface area contributed by atoms with Gasteiger partial charge in [-0.25, -0.2) is 0 Å². The van der Waals surface area contributed by atoms with Crippen LogP contribution in [0.2, 0.25) is 0 Å². The summed E-state index contributed by atoms with van der Waals surface area (Å²) in [6.07, 6.45) is 7.38. The first-order valence-corrected chi connectivity index (χ1v) is 9.73. The second-order valence-corrected chi connectivity index (χ2v) is 7.31. The highest BCUT2D eigenvalue weighted by Crippen LogP contribution is 2.39. The number of benzene rings is 1. The molecule has 0 atom stereocenters. The van der Waals surface area contributed by atoms with Crippen LogP contribution >= 0.6 is 0 Å². The Kier molecular flexibility index (Phi) is 5.70. The van der Waals surface area contributed by atoms with Gasteiger partial charge >= 0.3 is 0 Å². The molecule has 1 aliphatic carbocycles. The molecule has 0 unspecified atom stereocenters. The zero-order valence-corrected chi connectivity index (χ0v) is 16.2. The van der Waals surface area contributed by atoms with E-state index in [1.807, 2.05) is 31.2 Å². The minimum absolute atomic E-state index is 0.361. The van der Waals surface area contributed by atoms with Crippen molar-refractivity contribution in [3.63, 3.8) is 0 Å². The van der Waals surface area contributed by atoms with Crippen molar-refractivity contribution in [2.75, 3.05) is 7.11 Å². The number of methoxy groups -OCH3 is 1. The quantitative estimate of drug-likeness (QED) is 0.816. The van der Waals surface area contributed by atoms with Gasteiger partial charge < -0.3 is 15.0 Å². The molecule has 4 heteroatoms. The second-order valence-electron chi connectivity index (χ2n) is 7.31. The monoisotopic (exact) mass is 354 g/mol. The number of nitrogens with zero attached hydrogens (tertiary/aromatic N) is 1. The van der Waals surface area contributed by atoms with Crippen molar-refractivity contribution in [3.8, 4) is 16.9 Å². The standard InChI is InChI=1S/C22H30N2O2/c1-4-18-21(17-12-8-9-13-19(17)26-3)20(22(23)25)15(2)24(18)14-16-10-6-5-7-11-16/h8-9,12-13,16H,4-7,10-11,14H2,1-3H3,(H2,23,25). The summed E-state index contributed by atoms with van der Waals surface area (Å²) in [5, 5.41) is 0. The maximum absolute atomic E-state index is 12.4. The van der Waals surface area contributed by atoms with Gasteiger partial charge in [-0.05, 0) is 38.2 Å². The van der Waals surface area contributed by atoms with E-state index in [0.717, 1.165) is 35.5 Å². The number of primary amides is 1. The fourth-order valence-electron chi connectivity index (χ4n) is 4.48. The Labute approximate surface area is 156 Å². The lowest BCUT2D eigenvalue weighted by atomic mass is 9.89. The molecule has 1 aromatic carbocycles. The lowest BCUT2D eigenvalue weighted by molar-refractivity contribution is 0.1000. The van der Waals surface area contributed by atoms with Gasteiger partial charge in [0.25, 0.3) is 5.91 Å². The fourth-order valence-corrected chi connectivity index (χ4v) is 4.48. The van der Waals surface area contributed by atoms with Gasteiger partial charge in [0, 0.05) is 29.1 Å². The number of carbonyl (C=O) groups excluding carboxylic acids is 1. The summed E-state index contributed by atoms with van der Waals surface area (Å²) < 4.78 is 7.92. The minimum Gasteiger partial charge on any atom is -0.496 e. The number of hydrogen-bond acceptors (Lipinski definition) is 2. The molecule has 1 aromatic heterocycles. The summed E-state index contributed by atoms with van der Waals surface area (Å²) in [7, 11) is 1.67. The summed E-state index contributed by atoms with van der Waals surface area (Å²) in [6.45, 7) is 5.15. The van der Waals surface area contributed by atoms with E-state index in [1.165, 1.54) is 37.8 Å². The largest absolute Gasteiger partial charge is 0.496 e. The van der Waals surface area contributed by atoms with Gasteiger partial charge in [-0.2, -0.15) is 0 Å². The summed E-state index contributed by atoms with van der Waals surface area (Å²) >= 11 is 0. The Morgan fingerprint density at radius 3 is 2.54 bits per heavy atom. The van der Waals surface area contributed by atoms with Crippen molar-refractivity contribution >= 4 is 5.91 Å². The van der Waals surface area contributed by atoms with Gasteiger partial charge in [-0.15, -0.1) is 0 Å². The van der Waals surface area contributed by atoms with E-state index in [1.54, 1.807) is 7.11 Å². The summed E-state index contributed by atoms with van der Waals surface area (Å²) in [4.78, 5) is 12.4. The zero-order valence-electron chi connectivity index (χ0n) is 16.2. The van der Waals surface area contributed by atoms with Crippen LogP contribution in [0.15, 0.2) is 24.3 Å². The van der Waals surface area contributed by atoms with Crippen LogP contribution in [-0.2, 0) is 13.0 Å². The number of rotatable bonds is 6. The third-order valence-corrected chi connectivity index (χ3v) is 5.75. The molecule has 4 nitrogen and oxygen atoms in total. The summed E-state index contributed by atoms with van der Waals surface area (Å²) in [5.41, 5.74) is 10.5. The molecule has 26 heavy (non-hydrogen) atoms. The smallest absolute Gasteiger partial charge is 0.251 e. The minimum atomic E-state index is -0.361. The third-order valence-electron chi connectivity index (χ3n) is 5.75. The average molecular weight is 354 g/mol. The third kappa shape index (κ3) is 3.37. The summed E-state index contributed by atoms with van der Waals surface area (Å²) in [6, 6.07) is 7.89. The fraction of sp³-hybridized carbons (Fsp3) is 0.500. The molecule has 0 bridgehead atoms. The number of hydrogen-bond donors (Lipinski definition) is 1. The predicted molar refractivity (Wildman–Crippen MR) is 106 cm³/mol. The van der Waals surface area contributed by atoms with E-state index >= 15 is 0 Å². The Morgan fingerprint density at radius 1 is 1.23 bits per heavy atom. The Morgan fingerprint density at radius 2 is 1.92 bits per heavy atom. The molecule has 1 aliphatic rings. The van der Waals surface area contributed by atoms with Crippen molar-refractivity contribution in [1.29, 1.82) is 0 Å². The molecule has 1 heterocycles. The van der Waals surface area contributed by atoms with E-state index in [-0.39, 0.29) is 5.91 Å². The van der Waals surface area contributed by atoms with E-state index in [4.69, 9.17) is 10.5 Å². The molecule has 0 spiro atoms. The maximum Gasteiger partial charge on any atom is 0.251 e. The molecule has 1 saturated carbocycles. The molecular weight excluding hydrogens is 324 g/mol. The molecular formula is C22H30N2O2. The van der Waals surface area contributed by atoms with Gasteiger partial charge in [-0.3, -0.25) is 4.79 Å². The molecule has 0 aliphatic heterocycles. The SMILES string of the molecule is CCc1c(-c2ccccc2OC)c(C(N)=O)c(C)n1CC1CCCCC1. The van der Waals surface area contributed by atoms with Crippen LogP contribution in [0.3, 0.4) is 0 Å². The van der Waals surface area contributed by atoms with Crippen molar-refractivity contribution in [1.82, 2.24) is 4.57 Å². The number of para-hydroxylation sites is 1. The molecule has 2 aromatic rings. The lowest BCUT2D eigenvalue weighted by Crippen LogP contribution is -2.17. The Hall–Kier alpha value is -2.23. The zero-order chi connectivity index (χ0) is 18.7. The van der Waals surface area contributed by atoms with Crippen LogP contribution in [0.5, 0.6) is 5.75 Å². The lowest BCUT2D eigenvalue weighted by Gasteiger charge is -2.24. The number of nitrogens with two attached hydrogens (primary N) is 1. The highest BCUT2D eigenvalue weighted by atomic mass is 16.5. The van der Waals surface area contributed by atoms with Crippen molar-refractivity contribution in [2.24, 2.45) is 11.7 Å². The molecule has 2 N–H and O–H groups in total. The van der Waals surface area contributed by atoms with Gasteiger partial charge in [0.1, 0.15) is 5.75 Å². The average Bonchev–Trinajstić information content (AvgIpc) is 2.94. The Balaban J connectivity index is 2.16. The first kappa shape index (κ1) is 18.6. The number of ether oxygens (including phenoxy) is 1. The van der Waals surface area contributed by atoms with Crippen LogP contribution in [-0.4, -0.2) is 17.6 Å². The van der Waals surface area contributed by atoms with Crippen LogP contribution in [0, 0.1) is 12.8 Å². The number of aromatic nitrogens is 1. The first-order chi connectivity index (χ1) is 12.6. The molecule has 1 fully saturated rings. The van der Waals surface area contributed by atoms with Gasteiger partial charge in [0.05, 0.1) is 12.7 Å². The van der Waals surface area contributed by atoms with E-state index in [9.17, 15) is 4.79 Å². The predicted octanol–water partition coefficient (Wildman–Crippen LogP) is 4.71. The van der Waals surface area contributed by atoms with Crippen molar-refractivity contribution in [3.05, 3.63) is 41.2 Å². The van der Waals surface area contributed by atoms with E-state index in [2.05, 4.69) is 11.5 Å². The molecule has 3 rings (SSSR count). The van der Waals surface area contributed by atoms with Crippen LogP contribution in [0.25, 0.3) is 11.1 Å². The normalized spacial score (nSPS) is 15.2. The number of carbonyl (C=O) groups is 1. The van der Waals surface area contributed by atoms with Crippen LogP contribution in [0.1, 0.15) is 60.8 Å². The van der Waals surface area contributed by atoms with Crippen LogP contribution < -0.4 is 10.5 Å². The molecule has 0 saturated heterocycles. The molecule has 1 amide bonds. The van der Waals surface area contributed by atoms with Gasteiger partial charge in [0.15, 0.2) is 0 Å². The molecule has 0 radical (unpaired) electrons. The van der Waals surface area contributed by atoms with Crippen molar-refractivity contribution in [2.45, 2.75) is 58.9 Å². The highest BCUT2D eigenvalue weighted by molar-refractivity contribution is 6.03. The van der Waals surface area contributed by atoms with Crippen molar-refractivity contribution < 1.29 is 9.53 Å². The second kappa shape index (κ2) is 7.98. The molecule has 140 valence electrons. The number of amides is 1. The van der Waals surface area contributed by atoms with E-state index in [0.29, 0.717) is 11.5 Å². The van der Waals surface area contributed by atoms with Gasteiger partial charge in [0.2, 0.25) is 0 Å². The Bertz CT molecular complexity index is 786. The van der Waals surface area contributed by atoms with E-state index < -0.39 is 0 Å². The highest BCUT2D eigenvalue weighted by Gasteiger charge is 2.27. The summed E-state index contributed by atoms with van der Waals surface area (Å²) in [5.74, 6) is 1.10. The van der Waals surface area contributed by atoms with Crippen LogP contribution in [0.4, 0.5) is 0 Å². The van der Waals surface area contributed by atoms with Gasteiger partial charge in [-0.1, -0.05) is 44.4 Å². The maximum atomic E-state index is 12.4. The topological polar surface area (TPSA) is 57.2 Å². The first-order valence-electron chi connectivity index (χ1n) is 9.73.